The summed E-state index contributed by atoms with van der Waals surface area (Å²) in [6.45, 7) is 7.39. The molecule has 2 rings (SSSR count). The lowest BCUT2D eigenvalue weighted by Gasteiger charge is -2.17. The Bertz CT molecular complexity index is 409. The summed E-state index contributed by atoms with van der Waals surface area (Å²) in [6, 6.07) is 6.04. The normalized spacial score (nSPS) is 18.8. The van der Waals surface area contributed by atoms with E-state index in [1.165, 1.54) is 5.56 Å². The van der Waals surface area contributed by atoms with Crippen molar-refractivity contribution in [2.24, 2.45) is 0 Å². The SMILES string of the molecule is CC(C)(C)SCCOc1ccc2c(c1)CC[C@@H]2O. The Morgan fingerprint density at radius 2 is 2.17 bits per heavy atom. The van der Waals surface area contributed by atoms with E-state index in [9.17, 15) is 5.11 Å². The maximum atomic E-state index is 9.73. The molecule has 0 amide bonds. The van der Waals surface area contributed by atoms with Crippen molar-refractivity contribution in [3.8, 4) is 5.75 Å². The van der Waals surface area contributed by atoms with E-state index in [0.29, 0.717) is 4.75 Å². The first-order chi connectivity index (χ1) is 8.46. The first-order valence-corrected chi connectivity index (χ1v) is 7.52. The van der Waals surface area contributed by atoms with E-state index < -0.39 is 0 Å². The average molecular weight is 266 g/mol. The van der Waals surface area contributed by atoms with Crippen LogP contribution in [0, 0.1) is 0 Å². The van der Waals surface area contributed by atoms with Gasteiger partial charge in [-0.25, -0.2) is 0 Å². The second-order valence-electron chi connectivity index (χ2n) is 5.72. The Morgan fingerprint density at radius 1 is 1.39 bits per heavy atom. The van der Waals surface area contributed by atoms with Gasteiger partial charge < -0.3 is 9.84 Å². The topological polar surface area (TPSA) is 29.5 Å². The van der Waals surface area contributed by atoms with Gasteiger partial charge in [0.05, 0.1) is 12.7 Å². The molecule has 1 aromatic rings. The van der Waals surface area contributed by atoms with E-state index >= 15 is 0 Å². The number of ether oxygens (including phenoxy) is 1. The van der Waals surface area contributed by atoms with Crippen LogP contribution in [-0.4, -0.2) is 22.2 Å². The molecule has 0 aromatic heterocycles. The molecule has 1 atom stereocenters. The summed E-state index contributed by atoms with van der Waals surface area (Å²) < 4.78 is 6.06. The molecule has 0 saturated carbocycles. The van der Waals surface area contributed by atoms with Gasteiger partial charge in [-0.1, -0.05) is 26.8 Å². The highest BCUT2D eigenvalue weighted by Gasteiger charge is 2.20. The molecule has 0 radical (unpaired) electrons. The number of hydrogen-bond donors (Lipinski definition) is 1. The van der Waals surface area contributed by atoms with Crippen LogP contribution in [0.4, 0.5) is 0 Å². The molecule has 0 bridgehead atoms. The van der Waals surface area contributed by atoms with E-state index in [0.717, 1.165) is 36.5 Å². The van der Waals surface area contributed by atoms with Crippen LogP contribution >= 0.6 is 11.8 Å². The fourth-order valence-corrected chi connectivity index (χ4v) is 2.95. The zero-order chi connectivity index (χ0) is 13.2. The van der Waals surface area contributed by atoms with Crippen molar-refractivity contribution in [3.63, 3.8) is 0 Å². The average Bonchev–Trinajstić information content (AvgIpc) is 2.65. The lowest BCUT2D eigenvalue weighted by atomic mass is 10.1. The highest BCUT2D eigenvalue weighted by atomic mass is 32.2. The number of aliphatic hydroxyl groups excluding tert-OH is 1. The fraction of sp³-hybridized carbons (Fsp3) is 0.600. The Labute approximate surface area is 114 Å². The highest BCUT2D eigenvalue weighted by Crippen LogP contribution is 2.33. The lowest BCUT2D eigenvalue weighted by Crippen LogP contribution is -2.11. The summed E-state index contributed by atoms with van der Waals surface area (Å²) in [5.41, 5.74) is 2.31. The number of fused-ring (bicyclic) bond motifs is 1. The monoisotopic (exact) mass is 266 g/mol. The van der Waals surface area contributed by atoms with E-state index in [4.69, 9.17) is 4.74 Å². The standard InChI is InChI=1S/C15H22O2S/c1-15(2,3)18-9-8-17-12-5-6-13-11(10-12)4-7-14(13)16/h5-6,10,14,16H,4,7-9H2,1-3H3/t14-/m0/s1. The van der Waals surface area contributed by atoms with Crippen molar-refractivity contribution < 1.29 is 9.84 Å². The second kappa shape index (κ2) is 5.54. The number of aryl methyl sites for hydroxylation is 1. The molecule has 0 fully saturated rings. The van der Waals surface area contributed by atoms with Gasteiger partial charge in [0, 0.05) is 10.5 Å². The minimum atomic E-state index is -0.273. The van der Waals surface area contributed by atoms with Crippen LogP contribution in [0.25, 0.3) is 0 Å². The number of rotatable bonds is 4. The number of thioether (sulfide) groups is 1. The summed E-state index contributed by atoms with van der Waals surface area (Å²) in [5, 5.41) is 9.73. The van der Waals surface area contributed by atoms with Crippen LogP contribution in [0.3, 0.4) is 0 Å². The summed E-state index contributed by atoms with van der Waals surface area (Å²) in [6.07, 6.45) is 1.54. The smallest absolute Gasteiger partial charge is 0.119 e. The maximum Gasteiger partial charge on any atom is 0.119 e. The molecule has 1 aliphatic carbocycles. The summed E-state index contributed by atoms with van der Waals surface area (Å²) in [4.78, 5) is 0. The van der Waals surface area contributed by atoms with Gasteiger partial charge in [-0.3, -0.25) is 0 Å². The van der Waals surface area contributed by atoms with Crippen molar-refractivity contribution in [1.82, 2.24) is 0 Å². The minimum Gasteiger partial charge on any atom is -0.493 e. The van der Waals surface area contributed by atoms with Crippen LogP contribution in [0.5, 0.6) is 5.75 Å². The zero-order valence-corrected chi connectivity index (χ0v) is 12.2. The van der Waals surface area contributed by atoms with E-state index in [1.807, 2.05) is 23.9 Å². The van der Waals surface area contributed by atoms with Gasteiger partial charge in [0.2, 0.25) is 0 Å². The van der Waals surface area contributed by atoms with E-state index in [2.05, 4.69) is 26.8 Å². The number of hydrogen-bond acceptors (Lipinski definition) is 3. The highest BCUT2D eigenvalue weighted by molar-refractivity contribution is 8.00. The number of aliphatic hydroxyl groups is 1. The molecular formula is C15H22O2S. The predicted molar refractivity (Wildman–Crippen MR) is 77.4 cm³/mol. The maximum absolute atomic E-state index is 9.73. The van der Waals surface area contributed by atoms with Crippen LogP contribution in [-0.2, 0) is 6.42 Å². The molecule has 1 aliphatic rings. The fourth-order valence-electron chi connectivity index (χ4n) is 2.17. The van der Waals surface area contributed by atoms with E-state index in [-0.39, 0.29) is 6.10 Å². The van der Waals surface area contributed by atoms with Gasteiger partial charge in [-0.2, -0.15) is 11.8 Å². The Kier molecular flexibility index (Phi) is 4.23. The Balaban J connectivity index is 1.84. The lowest BCUT2D eigenvalue weighted by molar-refractivity contribution is 0.180. The van der Waals surface area contributed by atoms with Crippen LogP contribution in [0.2, 0.25) is 0 Å². The largest absolute Gasteiger partial charge is 0.493 e. The third-order valence-electron chi connectivity index (χ3n) is 3.05. The van der Waals surface area contributed by atoms with Crippen molar-refractivity contribution >= 4 is 11.8 Å². The van der Waals surface area contributed by atoms with Crippen molar-refractivity contribution in [2.75, 3.05) is 12.4 Å². The molecule has 0 saturated heterocycles. The van der Waals surface area contributed by atoms with Gasteiger partial charge in [0.1, 0.15) is 5.75 Å². The van der Waals surface area contributed by atoms with Gasteiger partial charge in [0.25, 0.3) is 0 Å². The quantitative estimate of drug-likeness (QED) is 0.845. The Hall–Kier alpha value is -0.670. The molecule has 3 heteroatoms. The van der Waals surface area contributed by atoms with Gasteiger partial charge >= 0.3 is 0 Å². The Morgan fingerprint density at radius 3 is 2.89 bits per heavy atom. The number of benzene rings is 1. The minimum absolute atomic E-state index is 0.273. The van der Waals surface area contributed by atoms with Gasteiger partial charge in [0.15, 0.2) is 0 Å². The molecule has 0 heterocycles. The molecule has 0 unspecified atom stereocenters. The summed E-state index contributed by atoms with van der Waals surface area (Å²) >= 11 is 1.91. The second-order valence-corrected chi connectivity index (χ2v) is 7.65. The molecule has 0 spiro atoms. The molecule has 2 nitrogen and oxygen atoms in total. The molecule has 0 aliphatic heterocycles. The molecule has 18 heavy (non-hydrogen) atoms. The first-order valence-electron chi connectivity index (χ1n) is 6.53. The molecule has 1 N–H and O–H groups in total. The third kappa shape index (κ3) is 3.66. The third-order valence-corrected chi connectivity index (χ3v) is 4.28. The summed E-state index contributed by atoms with van der Waals surface area (Å²) in [7, 11) is 0. The van der Waals surface area contributed by atoms with Gasteiger partial charge in [-0.05, 0) is 36.1 Å². The zero-order valence-electron chi connectivity index (χ0n) is 11.4. The van der Waals surface area contributed by atoms with Crippen LogP contribution in [0.15, 0.2) is 18.2 Å². The van der Waals surface area contributed by atoms with Gasteiger partial charge in [-0.15, -0.1) is 0 Å². The predicted octanol–water partition coefficient (Wildman–Crippen LogP) is 3.58. The molecular weight excluding hydrogens is 244 g/mol. The summed E-state index contributed by atoms with van der Waals surface area (Å²) in [5.74, 6) is 1.93. The van der Waals surface area contributed by atoms with Crippen molar-refractivity contribution in [2.45, 2.75) is 44.5 Å². The van der Waals surface area contributed by atoms with E-state index in [1.54, 1.807) is 0 Å². The van der Waals surface area contributed by atoms with Crippen LogP contribution in [0.1, 0.15) is 44.4 Å². The molecule has 1 aromatic carbocycles. The van der Waals surface area contributed by atoms with Crippen molar-refractivity contribution in [1.29, 1.82) is 0 Å². The van der Waals surface area contributed by atoms with Crippen LogP contribution < -0.4 is 4.74 Å². The first kappa shape index (κ1) is 13.8. The molecule has 100 valence electrons. The van der Waals surface area contributed by atoms with Crippen molar-refractivity contribution in [3.05, 3.63) is 29.3 Å².